The van der Waals surface area contributed by atoms with Gasteiger partial charge < -0.3 is 15.7 Å². The lowest BCUT2D eigenvalue weighted by atomic mass is 9.89. The van der Waals surface area contributed by atoms with Gasteiger partial charge in [0.1, 0.15) is 5.60 Å². The van der Waals surface area contributed by atoms with Crippen molar-refractivity contribution >= 4 is 34.1 Å². The van der Waals surface area contributed by atoms with Crippen molar-refractivity contribution in [3.05, 3.63) is 35.4 Å². The fourth-order valence-corrected chi connectivity index (χ4v) is 4.35. The van der Waals surface area contributed by atoms with E-state index in [9.17, 15) is 9.90 Å². The maximum atomic E-state index is 12.3. The number of carbonyl (C=O) groups excluding carboxylic acids is 1. The van der Waals surface area contributed by atoms with Crippen LogP contribution in [0.25, 0.3) is 0 Å². The molecule has 1 saturated heterocycles. The quantitative estimate of drug-likeness (QED) is 0.815. The zero-order valence-corrected chi connectivity index (χ0v) is 14.4. The summed E-state index contributed by atoms with van der Waals surface area (Å²) in [6.45, 7) is 2.87. The van der Waals surface area contributed by atoms with Gasteiger partial charge in [0.05, 0.1) is 12.3 Å². The standard InChI is InChI=1S/C15H18N4O2S2/c1-10-4-2-3-5-11(10)15(21)6-7-19(9-15)12(20)8-22-14-18-17-13(16)23-14/h2-5,21H,6-9H2,1H3,(H2,16,17). The van der Waals surface area contributed by atoms with Crippen molar-refractivity contribution in [2.24, 2.45) is 0 Å². The summed E-state index contributed by atoms with van der Waals surface area (Å²) >= 11 is 2.60. The molecule has 1 aromatic heterocycles. The maximum Gasteiger partial charge on any atom is 0.233 e. The van der Waals surface area contributed by atoms with Gasteiger partial charge in [-0.25, -0.2) is 0 Å². The fraction of sp³-hybridized carbons (Fsp3) is 0.400. The van der Waals surface area contributed by atoms with Crippen LogP contribution in [0.5, 0.6) is 0 Å². The number of aromatic nitrogens is 2. The van der Waals surface area contributed by atoms with Crippen molar-refractivity contribution in [3.8, 4) is 0 Å². The van der Waals surface area contributed by atoms with Gasteiger partial charge in [0.2, 0.25) is 11.0 Å². The van der Waals surface area contributed by atoms with Crippen molar-refractivity contribution in [2.45, 2.75) is 23.3 Å². The van der Waals surface area contributed by atoms with Crippen LogP contribution in [0.3, 0.4) is 0 Å². The molecule has 1 amide bonds. The van der Waals surface area contributed by atoms with Gasteiger partial charge in [-0.3, -0.25) is 4.79 Å². The highest BCUT2D eigenvalue weighted by atomic mass is 32.2. The van der Waals surface area contributed by atoms with Gasteiger partial charge >= 0.3 is 0 Å². The molecule has 8 heteroatoms. The van der Waals surface area contributed by atoms with E-state index in [1.807, 2.05) is 31.2 Å². The van der Waals surface area contributed by atoms with Gasteiger partial charge in [0, 0.05) is 6.54 Å². The second kappa shape index (κ2) is 6.46. The van der Waals surface area contributed by atoms with Crippen molar-refractivity contribution in [2.75, 3.05) is 24.6 Å². The van der Waals surface area contributed by atoms with E-state index in [4.69, 9.17) is 5.73 Å². The largest absolute Gasteiger partial charge is 0.383 e. The van der Waals surface area contributed by atoms with Gasteiger partial charge in [0.25, 0.3) is 0 Å². The number of β-amino-alcohol motifs (C(OH)–C–C–N with tert-alkyl or cyclic N) is 1. The van der Waals surface area contributed by atoms with E-state index in [0.717, 1.165) is 11.1 Å². The van der Waals surface area contributed by atoms with Crippen LogP contribution in [0.4, 0.5) is 5.13 Å². The average Bonchev–Trinajstić information content (AvgIpc) is 3.12. The van der Waals surface area contributed by atoms with Crippen LogP contribution in [0.1, 0.15) is 17.5 Å². The van der Waals surface area contributed by atoms with Crippen molar-refractivity contribution in [3.63, 3.8) is 0 Å². The van der Waals surface area contributed by atoms with E-state index >= 15 is 0 Å². The Bertz CT molecular complexity index is 721. The molecular weight excluding hydrogens is 332 g/mol. The molecule has 0 aliphatic carbocycles. The minimum Gasteiger partial charge on any atom is -0.383 e. The summed E-state index contributed by atoms with van der Waals surface area (Å²) in [6, 6.07) is 7.78. The molecule has 1 fully saturated rings. The minimum atomic E-state index is -0.959. The Morgan fingerprint density at radius 3 is 2.96 bits per heavy atom. The van der Waals surface area contributed by atoms with Gasteiger partial charge in [-0.2, -0.15) is 0 Å². The number of rotatable bonds is 4. The first-order valence-corrected chi connectivity index (χ1v) is 9.06. The molecule has 1 aliphatic rings. The third-order valence-electron chi connectivity index (χ3n) is 3.99. The van der Waals surface area contributed by atoms with E-state index < -0.39 is 5.60 Å². The number of hydrogen-bond acceptors (Lipinski definition) is 7. The molecule has 3 N–H and O–H groups in total. The normalized spacial score (nSPS) is 20.9. The molecule has 122 valence electrons. The number of aryl methyl sites for hydroxylation is 1. The lowest BCUT2D eigenvalue weighted by molar-refractivity contribution is -0.128. The lowest BCUT2D eigenvalue weighted by Crippen LogP contribution is -2.35. The van der Waals surface area contributed by atoms with Crippen LogP contribution in [0.15, 0.2) is 28.6 Å². The highest BCUT2D eigenvalue weighted by molar-refractivity contribution is 8.01. The number of benzene rings is 1. The zero-order valence-electron chi connectivity index (χ0n) is 12.7. The van der Waals surface area contributed by atoms with Crippen LogP contribution < -0.4 is 5.73 Å². The summed E-state index contributed by atoms with van der Waals surface area (Å²) in [4.78, 5) is 14.1. The van der Waals surface area contributed by atoms with Crippen LogP contribution in [0, 0.1) is 6.92 Å². The Morgan fingerprint density at radius 1 is 1.48 bits per heavy atom. The van der Waals surface area contributed by atoms with Crippen molar-refractivity contribution < 1.29 is 9.90 Å². The SMILES string of the molecule is Cc1ccccc1C1(O)CCN(C(=O)CSc2nnc(N)s2)C1. The van der Waals surface area contributed by atoms with E-state index in [1.165, 1.54) is 23.1 Å². The van der Waals surface area contributed by atoms with E-state index in [0.29, 0.717) is 29.0 Å². The van der Waals surface area contributed by atoms with Gasteiger partial charge in [0.15, 0.2) is 4.34 Å². The molecule has 0 bridgehead atoms. The molecule has 1 atom stereocenters. The third kappa shape index (κ3) is 3.49. The number of hydrogen-bond donors (Lipinski definition) is 2. The Kier molecular flexibility index (Phi) is 4.56. The Balaban J connectivity index is 1.62. The molecule has 1 unspecified atom stereocenters. The lowest BCUT2D eigenvalue weighted by Gasteiger charge is -2.25. The zero-order chi connectivity index (χ0) is 16.4. The molecule has 0 radical (unpaired) electrons. The Hall–Kier alpha value is -1.64. The van der Waals surface area contributed by atoms with Crippen molar-refractivity contribution in [1.82, 2.24) is 15.1 Å². The molecule has 1 aromatic carbocycles. The number of aliphatic hydroxyl groups is 1. The second-order valence-electron chi connectivity index (χ2n) is 5.61. The Morgan fingerprint density at radius 2 is 2.26 bits per heavy atom. The summed E-state index contributed by atoms with van der Waals surface area (Å²) in [5, 5.41) is 18.9. The number of likely N-dealkylation sites (tertiary alicyclic amines) is 1. The predicted molar refractivity (Wildman–Crippen MR) is 91.3 cm³/mol. The number of nitrogen functional groups attached to an aromatic ring is 1. The van der Waals surface area contributed by atoms with E-state index in [2.05, 4.69) is 10.2 Å². The molecule has 6 nitrogen and oxygen atoms in total. The topological polar surface area (TPSA) is 92.3 Å². The smallest absolute Gasteiger partial charge is 0.233 e. The van der Waals surface area contributed by atoms with E-state index in [-0.39, 0.29) is 11.7 Å². The number of thioether (sulfide) groups is 1. The van der Waals surface area contributed by atoms with Crippen molar-refractivity contribution in [1.29, 1.82) is 0 Å². The maximum absolute atomic E-state index is 12.3. The van der Waals surface area contributed by atoms with E-state index in [1.54, 1.807) is 4.90 Å². The van der Waals surface area contributed by atoms with Crippen LogP contribution >= 0.6 is 23.1 Å². The fourth-order valence-electron chi connectivity index (χ4n) is 2.82. The first kappa shape index (κ1) is 16.2. The molecule has 0 saturated carbocycles. The molecule has 2 aromatic rings. The van der Waals surface area contributed by atoms with Gasteiger partial charge in [-0.15, -0.1) is 10.2 Å². The summed E-state index contributed by atoms with van der Waals surface area (Å²) < 4.78 is 0.684. The summed E-state index contributed by atoms with van der Waals surface area (Å²) in [5.74, 6) is 0.270. The highest BCUT2D eigenvalue weighted by Gasteiger charge is 2.40. The second-order valence-corrected chi connectivity index (χ2v) is 7.84. The van der Waals surface area contributed by atoms with Gasteiger partial charge in [-0.1, -0.05) is 47.4 Å². The monoisotopic (exact) mass is 350 g/mol. The van der Waals surface area contributed by atoms with Crippen LogP contribution in [0.2, 0.25) is 0 Å². The molecule has 0 spiro atoms. The highest BCUT2D eigenvalue weighted by Crippen LogP contribution is 2.34. The first-order valence-electron chi connectivity index (χ1n) is 7.26. The number of amides is 1. The average molecular weight is 350 g/mol. The summed E-state index contributed by atoms with van der Waals surface area (Å²) in [5.41, 5.74) is 6.51. The first-order chi connectivity index (χ1) is 11.0. The number of nitrogens with two attached hydrogens (primary N) is 1. The predicted octanol–water partition coefficient (Wildman–Crippen LogP) is 1.64. The number of carbonyl (C=O) groups is 1. The van der Waals surface area contributed by atoms with Crippen LogP contribution in [-0.4, -0.2) is 45.0 Å². The molecule has 1 aliphatic heterocycles. The number of nitrogens with zero attached hydrogens (tertiary/aromatic N) is 3. The van der Waals surface area contributed by atoms with Gasteiger partial charge in [-0.05, 0) is 24.5 Å². The summed E-state index contributed by atoms with van der Waals surface area (Å²) in [7, 11) is 0. The minimum absolute atomic E-state index is 0.00622. The van der Waals surface area contributed by atoms with Crippen LogP contribution in [-0.2, 0) is 10.4 Å². The molecule has 2 heterocycles. The Labute approximate surface area is 142 Å². The summed E-state index contributed by atoms with van der Waals surface area (Å²) in [6.07, 6.45) is 0.556. The number of anilines is 1. The third-order valence-corrected chi connectivity index (χ3v) is 5.86. The molecule has 3 rings (SSSR count). The molecular formula is C15H18N4O2S2. The molecule has 23 heavy (non-hydrogen) atoms.